The van der Waals surface area contributed by atoms with Crippen LogP contribution in [0.1, 0.15) is 23.3 Å². The van der Waals surface area contributed by atoms with Gasteiger partial charge in [-0.25, -0.2) is 14.8 Å². The number of aromatic nitrogens is 2. The third-order valence-electron chi connectivity index (χ3n) is 3.05. The Morgan fingerprint density at radius 3 is 2.59 bits per heavy atom. The van der Waals surface area contributed by atoms with Crippen molar-refractivity contribution in [3.63, 3.8) is 0 Å². The van der Waals surface area contributed by atoms with Crippen LogP contribution in [0.5, 0.6) is 0 Å². The molecule has 0 amide bonds. The maximum Gasteiger partial charge on any atom is 0.356 e. The maximum atomic E-state index is 10.6. The summed E-state index contributed by atoms with van der Waals surface area (Å²) in [5.74, 6) is 0.282. The lowest BCUT2D eigenvalue weighted by molar-refractivity contribution is 0.0690. The molecule has 0 unspecified atom stereocenters. The Balaban J connectivity index is 2.03. The Morgan fingerprint density at radius 1 is 1.41 bits per heavy atom. The van der Waals surface area contributed by atoms with E-state index >= 15 is 0 Å². The molecule has 1 N–H and O–H groups in total. The zero-order valence-corrected chi connectivity index (χ0v) is 9.54. The lowest BCUT2D eigenvalue weighted by atomic mass is 9.97. The number of rotatable bonds is 3. The molecule has 1 aromatic heterocycles. The molecule has 5 heteroatoms. The fourth-order valence-corrected chi connectivity index (χ4v) is 1.96. The van der Waals surface area contributed by atoms with E-state index in [1.807, 2.05) is 6.08 Å². The molecule has 0 aliphatic carbocycles. The molecule has 2 rings (SSSR count). The number of carbonyl (C=O) groups is 1. The molecule has 0 radical (unpaired) electrons. The zero-order chi connectivity index (χ0) is 12.3. The van der Waals surface area contributed by atoms with Gasteiger partial charge < -0.3 is 10.0 Å². The highest BCUT2D eigenvalue weighted by Crippen LogP contribution is 2.21. The van der Waals surface area contributed by atoms with Gasteiger partial charge in [0.25, 0.3) is 0 Å². The molecule has 0 atom stereocenters. The second-order valence-corrected chi connectivity index (χ2v) is 4.13. The number of anilines is 1. The minimum absolute atomic E-state index is 0.0188. The normalized spacial score (nSPS) is 16.8. The van der Waals surface area contributed by atoms with E-state index in [-0.39, 0.29) is 5.69 Å². The minimum atomic E-state index is -1.05. The van der Waals surface area contributed by atoms with Crippen LogP contribution in [0.4, 0.5) is 5.82 Å². The summed E-state index contributed by atoms with van der Waals surface area (Å²) >= 11 is 0. The van der Waals surface area contributed by atoms with E-state index in [4.69, 9.17) is 5.11 Å². The van der Waals surface area contributed by atoms with E-state index in [0.717, 1.165) is 31.7 Å². The van der Waals surface area contributed by atoms with Gasteiger partial charge in [0.05, 0.1) is 12.4 Å². The smallest absolute Gasteiger partial charge is 0.356 e. The second-order valence-electron chi connectivity index (χ2n) is 4.13. The fourth-order valence-electron chi connectivity index (χ4n) is 1.96. The monoisotopic (exact) mass is 233 g/mol. The molecule has 5 nitrogen and oxygen atoms in total. The Hall–Kier alpha value is -1.91. The number of carboxylic acids is 1. The molecule has 0 spiro atoms. The predicted octanol–water partition coefficient (Wildman–Crippen LogP) is 1.58. The van der Waals surface area contributed by atoms with Gasteiger partial charge in [-0.1, -0.05) is 6.08 Å². The van der Waals surface area contributed by atoms with E-state index in [0.29, 0.717) is 5.92 Å². The van der Waals surface area contributed by atoms with Gasteiger partial charge in [-0.3, -0.25) is 0 Å². The number of nitrogens with zero attached hydrogens (tertiary/aromatic N) is 3. The summed E-state index contributed by atoms with van der Waals surface area (Å²) in [6.07, 6.45) is 6.95. The summed E-state index contributed by atoms with van der Waals surface area (Å²) in [7, 11) is 0. The quantitative estimate of drug-likeness (QED) is 0.803. The first-order valence-electron chi connectivity index (χ1n) is 5.63. The molecule has 1 aliphatic rings. The highest BCUT2D eigenvalue weighted by molar-refractivity contribution is 5.84. The van der Waals surface area contributed by atoms with Crippen LogP contribution in [0.3, 0.4) is 0 Å². The van der Waals surface area contributed by atoms with Crippen LogP contribution in [0.15, 0.2) is 25.0 Å². The standard InChI is InChI=1S/C12H15N3O2/c1-2-9-3-5-15(6-4-9)11-8-13-10(7-14-11)12(16)17/h2,7-9H,1,3-6H2,(H,16,17). The van der Waals surface area contributed by atoms with Gasteiger partial charge in [0.1, 0.15) is 5.82 Å². The van der Waals surface area contributed by atoms with Gasteiger partial charge in [0, 0.05) is 13.1 Å². The van der Waals surface area contributed by atoms with Crippen molar-refractivity contribution < 1.29 is 9.90 Å². The van der Waals surface area contributed by atoms with Crippen molar-refractivity contribution >= 4 is 11.8 Å². The van der Waals surface area contributed by atoms with Crippen LogP contribution >= 0.6 is 0 Å². The summed E-state index contributed by atoms with van der Waals surface area (Å²) < 4.78 is 0. The molecule has 1 fully saturated rings. The molecule has 17 heavy (non-hydrogen) atoms. The Morgan fingerprint density at radius 2 is 2.12 bits per heavy atom. The van der Waals surface area contributed by atoms with E-state index in [1.165, 1.54) is 12.4 Å². The van der Waals surface area contributed by atoms with Crippen molar-refractivity contribution in [2.24, 2.45) is 5.92 Å². The number of carboxylic acid groups (broad SMARTS) is 1. The van der Waals surface area contributed by atoms with Crippen molar-refractivity contribution in [2.45, 2.75) is 12.8 Å². The van der Waals surface area contributed by atoms with Crippen LogP contribution in [0, 0.1) is 5.92 Å². The van der Waals surface area contributed by atoms with Crippen LogP contribution < -0.4 is 4.90 Å². The largest absolute Gasteiger partial charge is 0.476 e. The van der Waals surface area contributed by atoms with Crippen molar-refractivity contribution in [1.82, 2.24) is 9.97 Å². The summed E-state index contributed by atoms with van der Waals surface area (Å²) in [5.41, 5.74) is -0.0188. The molecule has 0 aromatic carbocycles. The number of piperidine rings is 1. The molecule has 2 heterocycles. The van der Waals surface area contributed by atoms with Gasteiger partial charge in [-0.2, -0.15) is 0 Å². The SMILES string of the molecule is C=CC1CCN(c2cnc(C(=O)O)cn2)CC1. The first-order chi connectivity index (χ1) is 8.20. The number of hydrogen-bond acceptors (Lipinski definition) is 4. The first kappa shape index (κ1) is 11.6. The van der Waals surface area contributed by atoms with Gasteiger partial charge in [-0.05, 0) is 18.8 Å². The Bertz CT molecular complexity index is 408. The van der Waals surface area contributed by atoms with Crippen LogP contribution in [-0.2, 0) is 0 Å². The third kappa shape index (κ3) is 2.61. The fraction of sp³-hybridized carbons (Fsp3) is 0.417. The highest BCUT2D eigenvalue weighted by atomic mass is 16.4. The van der Waals surface area contributed by atoms with Crippen LogP contribution in [0.2, 0.25) is 0 Å². The van der Waals surface area contributed by atoms with Gasteiger partial charge in [0.15, 0.2) is 5.69 Å². The summed E-state index contributed by atoms with van der Waals surface area (Å²) in [5, 5.41) is 8.73. The number of hydrogen-bond donors (Lipinski definition) is 1. The summed E-state index contributed by atoms with van der Waals surface area (Å²) in [4.78, 5) is 20.8. The number of aromatic carboxylic acids is 1. The van der Waals surface area contributed by atoms with Gasteiger partial charge in [-0.15, -0.1) is 6.58 Å². The van der Waals surface area contributed by atoms with Crippen molar-refractivity contribution in [2.75, 3.05) is 18.0 Å². The average Bonchev–Trinajstić information content (AvgIpc) is 2.39. The van der Waals surface area contributed by atoms with E-state index in [2.05, 4.69) is 21.4 Å². The summed E-state index contributed by atoms with van der Waals surface area (Å²) in [6.45, 7) is 5.63. The molecule has 1 saturated heterocycles. The number of allylic oxidation sites excluding steroid dienone is 1. The summed E-state index contributed by atoms with van der Waals surface area (Å²) in [6, 6.07) is 0. The van der Waals surface area contributed by atoms with Gasteiger partial charge >= 0.3 is 5.97 Å². The van der Waals surface area contributed by atoms with Crippen molar-refractivity contribution in [1.29, 1.82) is 0 Å². The van der Waals surface area contributed by atoms with Crippen LogP contribution in [0.25, 0.3) is 0 Å². The molecular weight excluding hydrogens is 218 g/mol. The van der Waals surface area contributed by atoms with Crippen molar-refractivity contribution in [3.8, 4) is 0 Å². The maximum absolute atomic E-state index is 10.6. The highest BCUT2D eigenvalue weighted by Gasteiger charge is 2.18. The molecule has 0 bridgehead atoms. The topological polar surface area (TPSA) is 66.3 Å². The first-order valence-corrected chi connectivity index (χ1v) is 5.63. The van der Waals surface area contributed by atoms with E-state index < -0.39 is 5.97 Å². The third-order valence-corrected chi connectivity index (χ3v) is 3.05. The van der Waals surface area contributed by atoms with Crippen LogP contribution in [-0.4, -0.2) is 34.1 Å². The lowest BCUT2D eigenvalue weighted by Crippen LogP contribution is -2.33. The second kappa shape index (κ2) is 4.95. The van der Waals surface area contributed by atoms with Gasteiger partial charge in [0.2, 0.25) is 0 Å². The molecule has 0 saturated carbocycles. The predicted molar refractivity (Wildman–Crippen MR) is 64.1 cm³/mol. The zero-order valence-electron chi connectivity index (χ0n) is 9.54. The molecule has 90 valence electrons. The molecular formula is C12H15N3O2. The van der Waals surface area contributed by atoms with Crippen molar-refractivity contribution in [3.05, 3.63) is 30.7 Å². The Labute approximate surface area is 99.8 Å². The molecule has 1 aromatic rings. The Kier molecular flexibility index (Phi) is 3.37. The van der Waals surface area contributed by atoms with E-state index in [9.17, 15) is 4.79 Å². The molecule has 1 aliphatic heterocycles. The lowest BCUT2D eigenvalue weighted by Gasteiger charge is -2.31. The van der Waals surface area contributed by atoms with E-state index in [1.54, 1.807) is 0 Å². The minimum Gasteiger partial charge on any atom is -0.476 e. The average molecular weight is 233 g/mol.